The normalized spacial score (nSPS) is 13.7. The van der Waals surface area contributed by atoms with Crippen LogP contribution in [0.5, 0.6) is 0 Å². The van der Waals surface area contributed by atoms with E-state index in [1.165, 1.54) is 38.7 Å². The summed E-state index contributed by atoms with van der Waals surface area (Å²) in [6.45, 7) is 5.20. The van der Waals surface area contributed by atoms with E-state index in [0.29, 0.717) is 0 Å². The highest BCUT2D eigenvalue weighted by molar-refractivity contribution is 5.83. The van der Waals surface area contributed by atoms with E-state index in [1.54, 1.807) is 0 Å². The Bertz CT molecular complexity index is 861. The highest BCUT2D eigenvalue weighted by Gasteiger charge is 2.12. The van der Waals surface area contributed by atoms with Crippen LogP contribution in [-0.2, 0) is 6.42 Å². The Morgan fingerprint density at radius 3 is 2.55 bits per heavy atom. The first-order valence-electron chi connectivity index (χ1n) is 7.82. The second-order valence-electron chi connectivity index (χ2n) is 6.02. The molecule has 0 fully saturated rings. The lowest BCUT2D eigenvalue weighted by Gasteiger charge is -2.21. The van der Waals surface area contributed by atoms with E-state index in [0.717, 1.165) is 19.4 Å². The summed E-state index contributed by atoms with van der Waals surface area (Å²) in [5.74, 6) is 0. The zero-order valence-electron chi connectivity index (χ0n) is 12.6. The number of rotatable bonds is 2. The molecule has 1 aliphatic rings. The van der Waals surface area contributed by atoms with Crippen molar-refractivity contribution >= 4 is 22.0 Å². The van der Waals surface area contributed by atoms with Crippen molar-refractivity contribution in [2.24, 2.45) is 0 Å². The van der Waals surface area contributed by atoms with E-state index in [9.17, 15) is 0 Å². The summed E-state index contributed by atoms with van der Waals surface area (Å²) in [6, 6.07) is 22.0. The molecule has 1 nitrogen and oxygen atoms in total. The molecule has 22 heavy (non-hydrogen) atoms. The van der Waals surface area contributed by atoms with Gasteiger partial charge in [-0.2, -0.15) is 0 Å². The van der Waals surface area contributed by atoms with E-state index in [4.69, 9.17) is 0 Å². The maximum atomic E-state index is 4.20. The van der Waals surface area contributed by atoms with Crippen LogP contribution in [0, 0.1) is 0 Å². The van der Waals surface area contributed by atoms with Crippen LogP contribution in [-0.4, -0.2) is 6.54 Å². The predicted octanol–water partition coefficient (Wildman–Crippen LogP) is 5.26. The van der Waals surface area contributed by atoms with Gasteiger partial charge < -0.3 is 5.32 Å². The summed E-state index contributed by atoms with van der Waals surface area (Å²) in [4.78, 5) is 0. The largest absolute Gasteiger partial charge is 0.384 e. The molecule has 3 aromatic carbocycles. The maximum absolute atomic E-state index is 4.20. The molecule has 1 N–H and O–H groups in total. The van der Waals surface area contributed by atoms with Crippen molar-refractivity contribution in [1.29, 1.82) is 0 Å². The second-order valence-corrected chi connectivity index (χ2v) is 6.02. The molecule has 1 aliphatic heterocycles. The molecule has 3 aromatic rings. The van der Waals surface area contributed by atoms with Crippen LogP contribution in [0.25, 0.3) is 16.3 Å². The fourth-order valence-corrected chi connectivity index (χ4v) is 3.22. The van der Waals surface area contributed by atoms with E-state index in [1.807, 2.05) is 0 Å². The first kappa shape index (κ1) is 13.1. The van der Waals surface area contributed by atoms with Gasteiger partial charge in [-0.05, 0) is 52.4 Å². The van der Waals surface area contributed by atoms with Crippen LogP contribution in [0.2, 0.25) is 0 Å². The van der Waals surface area contributed by atoms with Gasteiger partial charge in [0.25, 0.3) is 0 Å². The zero-order valence-corrected chi connectivity index (χ0v) is 12.6. The van der Waals surface area contributed by atoms with E-state index < -0.39 is 0 Å². The monoisotopic (exact) mass is 285 g/mol. The lowest BCUT2D eigenvalue weighted by Crippen LogP contribution is -2.10. The number of fused-ring (bicyclic) bond motifs is 2. The molecule has 108 valence electrons. The molecular weight excluding hydrogens is 266 g/mol. The standard InChI is InChI=1S/C21H19N/c1-15-10-11-22-21-9-7-17(14-20(15)21)12-16-6-8-18-4-2-3-5-19(18)13-16/h2-9,13-14,22H,1,10-12H2. The second kappa shape index (κ2) is 5.34. The highest BCUT2D eigenvalue weighted by atomic mass is 14.9. The fourth-order valence-electron chi connectivity index (χ4n) is 3.22. The summed E-state index contributed by atoms with van der Waals surface area (Å²) in [7, 11) is 0. The zero-order chi connectivity index (χ0) is 14.9. The Kier molecular flexibility index (Phi) is 3.19. The van der Waals surface area contributed by atoms with Gasteiger partial charge in [-0.15, -0.1) is 0 Å². The van der Waals surface area contributed by atoms with Crippen molar-refractivity contribution in [3.8, 4) is 0 Å². The highest BCUT2D eigenvalue weighted by Crippen LogP contribution is 2.31. The smallest absolute Gasteiger partial charge is 0.0416 e. The molecule has 4 rings (SSSR count). The summed E-state index contributed by atoms with van der Waals surface area (Å²) in [6.07, 6.45) is 2.00. The van der Waals surface area contributed by atoms with Crippen molar-refractivity contribution in [3.63, 3.8) is 0 Å². The molecule has 1 heterocycles. The van der Waals surface area contributed by atoms with Crippen molar-refractivity contribution in [2.45, 2.75) is 12.8 Å². The molecule has 0 aromatic heterocycles. The quantitative estimate of drug-likeness (QED) is 0.677. The Morgan fingerprint density at radius 1 is 0.864 bits per heavy atom. The number of hydrogen-bond acceptors (Lipinski definition) is 1. The van der Waals surface area contributed by atoms with E-state index in [2.05, 4.69) is 72.6 Å². The van der Waals surface area contributed by atoms with Crippen molar-refractivity contribution in [2.75, 3.05) is 11.9 Å². The molecule has 0 saturated heterocycles. The molecule has 0 unspecified atom stereocenters. The molecule has 0 amide bonds. The third-order valence-electron chi connectivity index (χ3n) is 4.43. The summed E-state index contributed by atoms with van der Waals surface area (Å²) in [5, 5.41) is 6.06. The molecule has 0 bridgehead atoms. The fraction of sp³-hybridized carbons (Fsp3) is 0.143. The molecule has 0 atom stereocenters. The first-order valence-corrected chi connectivity index (χ1v) is 7.82. The van der Waals surface area contributed by atoms with Crippen molar-refractivity contribution in [3.05, 3.63) is 83.9 Å². The Labute approximate surface area is 131 Å². The maximum Gasteiger partial charge on any atom is 0.0416 e. The number of nitrogens with one attached hydrogen (secondary N) is 1. The lowest BCUT2D eigenvalue weighted by atomic mass is 9.94. The summed E-state index contributed by atoms with van der Waals surface area (Å²) < 4.78 is 0. The van der Waals surface area contributed by atoms with Gasteiger partial charge in [-0.3, -0.25) is 0 Å². The number of benzene rings is 3. The summed E-state index contributed by atoms with van der Waals surface area (Å²) >= 11 is 0. The minimum atomic E-state index is 0.964. The number of anilines is 1. The summed E-state index contributed by atoms with van der Waals surface area (Å²) in [5.41, 5.74) is 6.45. The molecule has 0 radical (unpaired) electrons. The molecular formula is C21H19N. The third kappa shape index (κ3) is 2.39. The lowest BCUT2D eigenvalue weighted by molar-refractivity contribution is 1.05. The van der Waals surface area contributed by atoms with Crippen LogP contribution in [0.15, 0.2) is 67.2 Å². The van der Waals surface area contributed by atoms with Gasteiger partial charge in [0.2, 0.25) is 0 Å². The topological polar surface area (TPSA) is 12.0 Å². The predicted molar refractivity (Wildman–Crippen MR) is 95.3 cm³/mol. The van der Waals surface area contributed by atoms with Gasteiger partial charge in [0, 0.05) is 17.8 Å². The minimum absolute atomic E-state index is 0.964. The van der Waals surface area contributed by atoms with Gasteiger partial charge in [0.05, 0.1) is 0 Å². The Balaban J connectivity index is 1.67. The Hall–Kier alpha value is -2.54. The van der Waals surface area contributed by atoms with Gasteiger partial charge in [-0.1, -0.05) is 55.1 Å². The van der Waals surface area contributed by atoms with Crippen LogP contribution in [0.3, 0.4) is 0 Å². The van der Waals surface area contributed by atoms with Gasteiger partial charge in [0.15, 0.2) is 0 Å². The Morgan fingerprint density at radius 2 is 1.64 bits per heavy atom. The average molecular weight is 285 g/mol. The van der Waals surface area contributed by atoms with E-state index in [-0.39, 0.29) is 0 Å². The van der Waals surface area contributed by atoms with Crippen LogP contribution >= 0.6 is 0 Å². The molecule has 0 spiro atoms. The minimum Gasteiger partial charge on any atom is -0.384 e. The average Bonchev–Trinajstić information content (AvgIpc) is 2.56. The molecule has 0 saturated carbocycles. The van der Waals surface area contributed by atoms with Gasteiger partial charge in [0.1, 0.15) is 0 Å². The van der Waals surface area contributed by atoms with E-state index >= 15 is 0 Å². The van der Waals surface area contributed by atoms with Crippen LogP contribution < -0.4 is 5.32 Å². The van der Waals surface area contributed by atoms with Crippen LogP contribution in [0.1, 0.15) is 23.1 Å². The van der Waals surface area contributed by atoms with Crippen molar-refractivity contribution < 1.29 is 0 Å². The SMILES string of the molecule is C=C1CCNc2ccc(Cc3ccc4ccccc4c3)cc21. The molecule has 0 aliphatic carbocycles. The van der Waals surface area contributed by atoms with Gasteiger partial charge >= 0.3 is 0 Å². The number of hydrogen-bond donors (Lipinski definition) is 1. The van der Waals surface area contributed by atoms with Crippen LogP contribution in [0.4, 0.5) is 5.69 Å². The third-order valence-corrected chi connectivity index (χ3v) is 4.43. The van der Waals surface area contributed by atoms with Crippen molar-refractivity contribution in [1.82, 2.24) is 0 Å². The first-order chi connectivity index (χ1) is 10.8. The molecule has 1 heteroatoms. The van der Waals surface area contributed by atoms with Gasteiger partial charge in [-0.25, -0.2) is 0 Å².